The minimum Gasteiger partial charge on any atom is -0.399 e. The third kappa shape index (κ3) is 2.05. The average Bonchev–Trinajstić information content (AvgIpc) is 2.89. The molecule has 0 aliphatic carbocycles. The van der Waals surface area contributed by atoms with Gasteiger partial charge in [0.25, 0.3) is 0 Å². The van der Waals surface area contributed by atoms with Gasteiger partial charge >= 0.3 is 7.12 Å². The van der Waals surface area contributed by atoms with Gasteiger partial charge in [0, 0.05) is 17.0 Å². The van der Waals surface area contributed by atoms with Gasteiger partial charge in [0.15, 0.2) is 0 Å². The molecule has 0 unspecified atom stereocenters. The Bertz CT molecular complexity index is 745. The summed E-state index contributed by atoms with van der Waals surface area (Å²) < 4.78 is 25.9. The first-order valence-corrected chi connectivity index (χ1v) is 6.81. The second-order valence-corrected chi connectivity index (χ2v) is 6.32. The normalized spacial score (nSPS) is 19.9. The summed E-state index contributed by atoms with van der Waals surface area (Å²) >= 11 is 0. The zero-order chi connectivity index (χ0) is 15.4. The molecule has 1 N–H and O–H groups in total. The van der Waals surface area contributed by atoms with Gasteiger partial charge in [-0.05, 0) is 39.8 Å². The fraction of sp³-hybridized carbons (Fsp3) is 0.400. The van der Waals surface area contributed by atoms with Crippen LogP contribution in [-0.4, -0.2) is 23.3 Å². The Kier molecular flexibility index (Phi) is 2.91. The molecule has 0 bridgehead atoms. The van der Waals surface area contributed by atoms with E-state index in [1.54, 1.807) is 12.3 Å². The van der Waals surface area contributed by atoms with Crippen LogP contribution in [0, 0.1) is 17.1 Å². The van der Waals surface area contributed by atoms with E-state index in [0.29, 0.717) is 16.4 Å². The molecule has 1 aromatic carbocycles. The Labute approximate surface area is 123 Å². The summed E-state index contributed by atoms with van der Waals surface area (Å²) in [5.41, 5.74) is 0.412. The highest BCUT2D eigenvalue weighted by Crippen LogP contribution is 2.37. The van der Waals surface area contributed by atoms with Gasteiger partial charge in [-0.15, -0.1) is 0 Å². The maximum absolute atomic E-state index is 14.0. The Morgan fingerprint density at radius 1 is 1.19 bits per heavy atom. The highest BCUT2D eigenvalue weighted by molar-refractivity contribution is 6.65. The van der Waals surface area contributed by atoms with E-state index in [0.717, 1.165) is 0 Å². The van der Waals surface area contributed by atoms with Crippen molar-refractivity contribution in [1.82, 2.24) is 4.98 Å². The van der Waals surface area contributed by atoms with Gasteiger partial charge in [-0.2, -0.15) is 5.26 Å². The van der Waals surface area contributed by atoms with Gasteiger partial charge in [0.05, 0.1) is 28.4 Å². The summed E-state index contributed by atoms with van der Waals surface area (Å²) in [6, 6.07) is 4.83. The first-order chi connectivity index (χ1) is 9.75. The lowest BCUT2D eigenvalue weighted by molar-refractivity contribution is 0.00578. The lowest BCUT2D eigenvalue weighted by Gasteiger charge is -2.32. The van der Waals surface area contributed by atoms with E-state index in [4.69, 9.17) is 14.6 Å². The monoisotopic (exact) mass is 286 g/mol. The lowest BCUT2D eigenvalue weighted by Crippen LogP contribution is -2.41. The number of hydrogen-bond acceptors (Lipinski definition) is 3. The van der Waals surface area contributed by atoms with Gasteiger partial charge < -0.3 is 14.3 Å². The summed E-state index contributed by atoms with van der Waals surface area (Å²) in [4.78, 5) is 2.89. The minimum atomic E-state index is -0.586. The molecule has 0 radical (unpaired) electrons. The van der Waals surface area contributed by atoms with E-state index >= 15 is 0 Å². The number of halogens is 1. The molecule has 0 atom stereocenters. The van der Waals surface area contributed by atoms with Crippen LogP contribution in [0.15, 0.2) is 18.3 Å². The van der Waals surface area contributed by atoms with Crippen LogP contribution in [0.3, 0.4) is 0 Å². The number of rotatable bonds is 1. The lowest BCUT2D eigenvalue weighted by atomic mass is 9.79. The van der Waals surface area contributed by atoms with Crippen molar-refractivity contribution in [3.8, 4) is 6.07 Å². The maximum Gasteiger partial charge on any atom is 0.497 e. The molecule has 4 nitrogen and oxygen atoms in total. The predicted octanol–water partition coefficient (Wildman–Crippen LogP) is 2.48. The molecule has 2 heterocycles. The van der Waals surface area contributed by atoms with Crippen molar-refractivity contribution in [2.45, 2.75) is 38.9 Å². The van der Waals surface area contributed by atoms with E-state index < -0.39 is 24.1 Å². The van der Waals surface area contributed by atoms with Gasteiger partial charge in [0.1, 0.15) is 5.82 Å². The molecule has 6 heteroatoms. The quantitative estimate of drug-likeness (QED) is 0.819. The smallest absolute Gasteiger partial charge is 0.399 e. The number of nitrogens with one attached hydrogen (secondary N) is 1. The summed E-state index contributed by atoms with van der Waals surface area (Å²) in [5, 5.41) is 9.61. The van der Waals surface area contributed by atoms with Crippen molar-refractivity contribution in [3.05, 3.63) is 29.7 Å². The Hall–Kier alpha value is -1.84. The number of aromatic amines is 1. The molecule has 0 spiro atoms. The van der Waals surface area contributed by atoms with E-state index in [9.17, 15) is 4.39 Å². The van der Waals surface area contributed by atoms with Crippen molar-refractivity contribution in [2.75, 3.05) is 0 Å². The summed E-state index contributed by atoms with van der Waals surface area (Å²) in [7, 11) is -0.586. The first kappa shape index (κ1) is 14.1. The second-order valence-electron chi connectivity index (χ2n) is 6.32. The van der Waals surface area contributed by atoms with Crippen LogP contribution in [0.2, 0.25) is 0 Å². The molecule has 21 heavy (non-hydrogen) atoms. The van der Waals surface area contributed by atoms with Crippen molar-refractivity contribution >= 4 is 23.5 Å². The molecule has 1 aliphatic rings. The molecule has 2 aromatic rings. The fourth-order valence-corrected chi connectivity index (χ4v) is 2.44. The van der Waals surface area contributed by atoms with Gasteiger partial charge in [-0.1, -0.05) is 0 Å². The van der Waals surface area contributed by atoms with Crippen LogP contribution >= 0.6 is 0 Å². The topological polar surface area (TPSA) is 58.0 Å². The molecule has 3 rings (SSSR count). The highest BCUT2D eigenvalue weighted by Gasteiger charge is 2.52. The molecule has 1 saturated heterocycles. The Balaban J connectivity index is 2.11. The number of nitrogens with zero attached hydrogens (tertiary/aromatic N) is 1. The molecular formula is C15H16BFN2O2. The first-order valence-electron chi connectivity index (χ1n) is 6.81. The van der Waals surface area contributed by atoms with Gasteiger partial charge in [-0.3, -0.25) is 0 Å². The zero-order valence-corrected chi connectivity index (χ0v) is 12.5. The van der Waals surface area contributed by atoms with E-state index in [1.807, 2.05) is 33.8 Å². The third-order valence-electron chi connectivity index (χ3n) is 4.41. The van der Waals surface area contributed by atoms with Crippen molar-refractivity contribution in [1.29, 1.82) is 5.26 Å². The van der Waals surface area contributed by atoms with Crippen molar-refractivity contribution < 1.29 is 13.7 Å². The van der Waals surface area contributed by atoms with Crippen LogP contribution in [0.25, 0.3) is 10.9 Å². The Morgan fingerprint density at radius 3 is 2.38 bits per heavy atom. The summed E-state index contributed by atoms with van der Waals surface area (Å²) in [6.45, 7) is 7.85. The average molecular weight is 286 g/mol. The molecular weight excluding hydrogens is 270 g/mol. The van der Waals surface area contributed by atoms with E-state index in [-0.39, 0.29) is 5.56 Å². The second kappa shape index (κ2) is 4.33. The summed E-state index contributed by atoms with van der Waals surface area (Å²) in [5.74, 6) is -0.452. The number of nitriles is 1. The van der Waals surface area contributed by atoms with Crippen molar-refractivity contribution in [2.24, 2.45) is 0 Å². The number of benzene rings is 1. The number of H-pyrrole nitrogens is 1. The molecule has 1 aromatic heterocycles. The molecule has 1 aliphatic heterocycles. The highest BCUT2D eigenvalue weighted by atomic mass is 19.1. The van der Waals surface area contributed by atoms with Crippen LogP contribution in [0.5, 0.6) is 0 Å². The molecule has 108 valence electrons. The standard InChI is InChI=1S/C15H16BFN2O2/c1-14(2)15(3,4)21-16(20-14)11-8-19-13-10(11)5-9(7-18)6-12(13)17/h5-6,8,19H,1-4H3. The Morgan fingerprint density at radius 2 is 1.81 bits per heavy atom. The fourth-order valence-electron chi connectivity index (χ4n) is 2.44. The van der Waals surface area contributed by atoms with Crippen LogP contribution in [0.4, 0.5) is 4.39 Å². The van der Waals surface area contributed by atoms with Crippen LogP contribution in [0.1, 0.15) is 33.3 Å². The number of fused-ring (bicyclic) bond motifs is 1. The van der Waals surface area contributed by atoms with Crippen LogP contribution in [-0.2, 0) is 9.31 Å². The largest absolute Gasteiger partial charge is 0.497 e. The van der Waals surface area contributed by atoms with E-state index in [1.165, 1.54) is 6.07 Å². The molecule has 0 saturated carbocycles. The SMILES string of the molecule is CC1(C)OB(c2c[nH]c3c(F)cc(C#N)cc23)OC1(C)C. The molecule has 0 amide bonds. The van der Waals surface area contributed by atoms with E-state index in [2.05, 4.69) is 4.98 Å². The predicted molar refractivity (Wildman–Crippen MR) is 78.7 cm³/mol. The van der Waals surface area contributed by atoms with Crippen LogP contribution < -0.4 is 5.46 Å². The van der Waals surface area contributed by atoms with Gasteiger partial charge in [0.2, 0.25) is 0 Å². The number of hydrogen-bond donors (Lipinski definition) is 1. The summed E-state index contributed by atoms with van der Waals surface area (Å²) in [6.07, 6.45) is 1.68. The minimum absolute atomic E-state index is 0.275. The number of aromatic nitrogens is 1. The van der Waals surface area contributed by atoms with Crippen molar-refractivity contribution in [3.63, 3.8) is 0 Å². The third-order valence-corrected chi connectivity index (χ3v) is 4.41. The molecule has 1 fully saturated rings. The maximum atomic E-state index is 14.0. The zero-order valence-electron chi connectivity index (χ0n) is 12.5. The van der Waals surface area contributed by atoms with Gasteiger partial charge in [-0.25, -0.2) is 4.39 Å².